The lowest BCUT2D eigenvalue weighted by atomic mass is 10.3. The Kier molecular flexibility index (Phi) is 3.48. The molecule has 3 aromatic rings. The SMILES string of the molecule is Cc1cnc(CNCc2nc3ccccc3s2)cn1. The second-order valence-electron chi connectivity index (χ2n) is 4.33. The minimum absolute atomic E-state index is 0.712. The lowest BCUT2D eigenvalue weighted by Gasteiger charge is -2.01. The first-order valence-electron chi connectivity index (χ1n) is 6.14. The molecular weight excluding hydrogens is 256 g/mol. The van der Waals surface area contributed by atoms with Crippen LogP contribution in [-0.2, 0) is 13.1 Å². The summed E-state index contributed by atoms with van der Waals surface area (Å²) in [6, 6.07) is 8.20. The van der Waals surface area contributed by atoms with Gasteiger partial charge in [0.15, 0.2) is 0 Å². The predicted octanol–water partition coefficient (Wildman–Crippen LogP) is 2.68. The fraction of sp³-hybridized carbons (Fsp3) is 0.214. The van der Waals surface area contributed by atoms with Gasteiger partial charge in [-0.05, 0) is 19.1 Å². The normalized spacial score (nSPS) is 11.0. The van der Waals surface area contributed by atoms with Gasteiger partial charge in [0.2, 0.25) is 0 Å². The minimum atomic E-state index is 0.712. The van der Waals surface area contributed by atoms with E-state index in [1.54, 1.807) is 23.7 Å². The third kappa shape index (κ3) is 2.94. The van der Waals surface area contributed by atoms with Crippen molar-refractivity contribution in [2.24, 2.45) is 0 Å². The highest BCUT2D eigenvalue weighted by molar-refractivity contribution is 7.18. The standard InChI is InChI=1S/C14H14N4S/c1-10-6-17-11(8-16-10)7-15-9-14-18-12-4-2-3-5-13(12)19-14/h2-6,8,15H,7,9H2,1H3. The number of aryl methyl sites for hydroxylation is 1. The van der Waals surface area contributed by atoms with Crippen LogP contribution in [-0.4, -0.2) is 15.0 Å². The van der Waals surface area contributed by atoms with Crippen molar-refractivity contribution in [1.82, 2.24) is 20.3 Å². The molecule has 0 aliphatic heterocycles. The Balaban J connectivity index is 1.61. The molecule has 2 aromatic heterocycles. The maximum atomic E-state index is 4.58. The van der Waals surface area contributed by atoms with Gasteiger partial charge in [0, 0.05) is 25.5 Å². The van der Waals surface area contributed by atoms with Crippen LogP contribution in [0.3, 0.4) is 0 Å². The van der Waals surface area contributed by atoms with E-state index < -0.39 is 0 Å². The van der Waals surface area contributed by atoms with Crippen LogP contribution >= 0.6 is 11.3 Å². The molecule has 4 nitrogen and oxygen atoms in total. The molecule has 1 aromatic carbocycles. The van der Waals surface area contributed by atoms with Gasteiger partial charge < -0.3 is 5.32 Å². The van der Waals surface area contributed by atoms with Crippen LogP contribution in [0.1, 0.15) is 16.4 Å². The van der Waals surface area contributed by atoms with Gasteiger partial charge in [0.25, 0.3) is 0 Å². The zero-order valence-electron chi connectivity index (χ0n) is 10.6. The molecule has 19 heavy (non-hydrogen) atoms. The number of nitrogens with one attached hydrogen (secondary N) is 1. The zero-order chi connectivity index (χ0) is 13.1. The summed E-state index contributed by atoms with van der Waals surface area (Å²) in [5.41, 5.74) is 2.96. The molecular formula is C14H14N4S. The van der Waals surface area contributed by atoms with Gasteiger partial charge in [0.05, 0.1) is 21.6 Å². The summed E-state index contributed by atoms with van der Waals surface area (Å²) in [5.74, 6) is 0. The van der Waals surface area contributed by atoms with E-state index in [-0.39, 0.29) is 0 Å². The van der Waals surface area contributed by atoms with Gasteiger partial charge in [0.1, 0.15) is 5.01 Å². The Bertz CT molecular complexity index is 642. The largest absolute Gasteiger partial charge is 0.305 e. The maximum Gasteiger partial charge on any atom is 0.108 e. The molecule has 1 N–H and O–H groups in total. The Labute approximate surface area is 115 Å². The van der Waals surface area contributed by atoms with E-state index in [1.165, 1.54) is 4.70 Å². The average Bonchev–Trinajstić information content (AvgIpc) is 2.83. The molecule has 3 rings (SSSR count). The lowest BCUT2D eigenvalue weighted by Crippen LogP contribution is -2.13. The van der Waals surface area contributed by atoms with Gasteiger partial charge in [-0.2, -0.15) is 0 Å². The molecule has 96 valence electrons. The topological polar surface area (TPSA) is 50.7 Å². The van der Waals surface area contributed by atoms with Gasteiger partial charge in [-0.15, -0.1) is 11.3 Å². The molecule has 5 heteroatoms. The highest BCUT2D eigenvalue weighted by Gasteiger charge is 2.02. The molecule has 0 fully saturated rings. The van der Waals surface area contributed by atoms with Crippen LogP contribution in [0.4, 0.5) is 0 Å². The summed E-state index contributed by atoms with van der Waals surface area (Å²) >= 11 is 1.73. The third-order valence-electron chi connectivity index (χ3n) is 2.75. The number of hydrogen-bond acceptors (Lipinski definition) is 5. The van der Waals surface area contributed by atoms with Crippen molar-refractivity contribution in [2.75, 3.05) is 0 Å². The lowest BCUT2D eigenvalue weighted by molar-refractivity contribution is 0.674. The van der Waals surface area contributed by atoms with Crippen molar-refractivity contribution in [1.29, 1.82) is 0 Å². The second-order valence-corrected chi connectivity index (χ2v) is 5.44. The van der Waals surface area contributed by atoms with Crippen LogP contribution in [0.25, 0.3) is 10.2 Å². The van der Waals surface area contributed by atoms with Crippen LogP contribution in [0.2, 0.25) is 0 Å². The van der Waals surface area contributed by atoms with Gasteiger partial charge >= 0.3 is 0 Å². The van der Waals surface area contributed by atoms with E-state index in [2.05, 4.69) is 26.3 Å². The highest BCUT2D eigenvalue weighted by atomic mass is 32.1. The molecule has 0 radical (unpaired) electrons. The Morgan fingerprint density at radius 1 is 1.11 bits per heavy atom. The van der Waals surface area contributed by atoms with Crippen molar-refractivity contribution >= 4 is 21.6 Å². The molecule has 0 atom stereocenters. The van der Waals surface area contributed by atoms with Crippen LogP contribution in [0, 0.1) is 6.92 Å². The molecule has 0 aliphatic carbocycles. The Morgan fingerprint density at radius 3 is 2.79 bits per heavy atom. The van der Waals surface area contributed by atoms with E-state index in [0.29, 0.717) is 6.54 Å². The number of para-hydroxylation sites is 1. The quantitative estimate of drug-likeness (QED) is 0.792. The summed E-state index contributed by atoms with van der Waals surface area (Å²) < 4.78 is 1.23. The number of thiazole rings is 1. The Hall–Kier alpha value is -1.85. The number of nitrogens with zero attached hydrogens (tertiary/aromatic N) is 3. The van der Waals surface area contributed by atoms with E-state index in [4.69, 9.17) is 0 Å². The Morgan fingerprint density at radius 2 is 2.00 bits per heavy atom. The summed E-state index contributed by atoms with van der Waals surface area (Å²) in [4.78, 5) is 13.1. The zero-order valence-corrected chi connectivity index (χ0v) is 11.4. The molecule has 0 spiro atoms. The molecule has 0 saturated heterocycles. The van der Waals surface area contributed by atoms with Gasteiger partial charge in [-0.3, -0.25) is 9.97 Å². The first-order valence-corrected chi connectivity index (χ1v) is 6.95. The first-order chi connectivity index (χ1) is 9.31. The molecule has 2 heterocycles. The third-order valence-corrected chi connectivity index (χ3v) is 3.79. The van der Waals surface area contributed by atoms with Gasteiger partial charge in [-0.25, -0.2) is 4.98 Å². The number of aromatic nitrogens is 3. The summed E-state index contributed by atoms with van der Waals surface area (Å²) in [6.07, 6.45) is 3.59. The number of hydrogen-bond donors (Lipinski definition) is 1. The molecule has 0 bridgehead atoms. The smallest absolute Gasteiger partial charge is 0.108 e. The number of fused-ring (bicyclic) bond motifs is 1. The molecule has 0 aliphatic rings. The first kappa shape index (κ1) is 12.2. The van der Waals surface area contributed by atoms with Crippen molar-refractivity contribution in [3.63, 3.8) is 0 Å². The maximum absolute atomic E-state index is 4.58. The minimum Gasteiger partial charge on any atom is -0.305 e. The van der Waals surface area contributed by atoms with Crippen LogP contribution in [0.5, 0.6) is 0 Å². The average molecular weight is 270 g/mol. The summed E-state index contributed by atoms with van der Waals surface area (Å²) in [5, 5.41) is 4.44. The van der Waals surface area contributed by atoms with E-state index in [9.17, 15) is 0 Å². The number of benzene rings is 1. The molecule has 0 amide bonds. The monoisotopic (exact) mass is 270 g/mol. The molecule has 0 unspecified atom stereocenters. The van der Waals surface area contributed by atoms with Crippen LogP contribution in [0.15, 0.2) is 36.7 Å². The van der Waals surface area contributed by atoms with Crippen molar-refractivity contribution < 1.29 is 0 Å². The highest BCUT2D eigenvalue weighted by Crippen LogP contribution is 2.21. The van der Waals surface area contributed by atoms with Crippen molar-refractivity contribution in [3.8, 4) is 0 Å². The number of rotatable bonds is 4. The van der Waals surface area contributed by atoms with E-state index in [1.807, 2.05) is 25.1 Å². The summed E-state index contributed by atoms with van der Waals surface area (Å²) in [6.45, 7) is 3.41. The van der Waals surface area contributed by atoms with Gasteiger partial charge in [-0.1, -0.05) is 12.1 Å². The van der Waals surface area contributed by atoms with E-state index >= 15 is 0 Å². The van der Waals surface area contributed by atoms with E-state index in [0.717, 1.165) is 28.5 Å². The van der Waals surface area contributed by atoms with Crippen molar-refractivity contribution in [2.45, 2.75) is 20.0 Å². The predicted molar refractivity (Wildman–Crippen MR) is 76.9 cm³/mol. The molecule has 0 saturated carbocycles. The second kappa shape index (κ2) is 5.42. The van der Waals surface area contributed by atoms with Crippen LogP contribution < -0.4 is 5.32 Å². The van der Waals surface area contributed by atoms with Crippen molar-refractivity contribution in [3.05, 3.63) is 53.1 Å². The fourth-order valence-corrected chi connectivity index (χ4v) is 2.74. The fourth-order valence-electron chi connectivity index (χ4n) is 1.80. The summed E-state index contributed by atoms with van der Waals surface area (Å²) in [7, 11) is 0.